The Bertz CT molecular complexity index is 903. The average molecular weight is 346 g/mol. The Morgan fingerprint density at radius 1 is 1.44 bits per heavy atom. The Kier molecular flexibility index (Phi) is 3.45. The first-order valence-corrected chi connectivity index (χ1v) is 7.86. The first kappa shape index (κ1) is 16.2. The van der Waals surface area contributed by atoms with Crippen LogP contribution in [0.2, 0.25) is 0 Å². The SMILES string of the molecule is CC1=CC(=O)Nc2ncnc3c2c1cn3C1O[C@H](CO)[C@@H](O)C1(C)O. The van der Waals surface area contributed by atoms with Crippen molar-refractivity contribution in [2.45, 2.75) is 37.9 Å². The average Bonchev–Trinajstić information content (AvgIpc) is 3.00. The fraction of sp³-hybridized carbons (Fsp3) is 0.438. The Morgan fingerprint density at radius 2 is 2.20 bits per heavy atom. The molecule has 2 aliphatic heterocycles. The Morgan fingerprint density at radius 3 is 2.88 bits per heavy atom. The summed E-state index contributed by atoms with van der Waals surface area (Å²) in [4.78, 5) is 20.3. The molecule has 2 aromatic heterocycles. The topological polar surface area (TPSA) is 130 Å². The van der Waals surface area contributed by atoms with Crippen LogP contribution in [0.3, 0.4) is 0 Å². The summed E-state index contributed by atoms with van der Waals surface area (Å²) >= 11 is 0. The third kappa shape index (κ3) is 2.20. The fourth-order valence-electron chi connectivity index (χ4n) is 3.47. The summed E-state index contributed by atoms with van der Waals surface area (Å²) < 4.78 is 7.28. The molecule has 0 spiro atoms. The lowest BCUT2D eigenvalue weighted by Gasteiger charge is -2.27. The molecule has 2 unspecified atom stereocenters. The van der Waals surface area contributed by atoms with Gasteiger partial charge in [-0.2, -0.15) is 0 Å². The van der Waals surface area contributed by atoms with Gasteiger partial charge in [0, 0.05) is 17.8 Å². The number of hydrogen-bond acceptors (Lipinski definition) is 7. The van der Waals surface area contributed by atoms with E-state index in [4.69, 9.17) is 4.74 Å². The van der Waals surface area contributed by atoms with Gasteiger partial charge in [-0.15, -0.1) is 0 Å². The van der Waals surface area contributed by atoms with Gasteiger partial charge in [-0.05, 0) is 19.4 Å². The highest BCUT2D eigenvalue weighted by Crippen LogP contribution is 2.42. The van der Waals surface area contributed by atoms with E-state index in [0.29, 0.717) is 22.4 Å². The molecule has 9 heteroatoms. The zero-order valence-electron chi connectivity index (χ0n) is 13.7. The summed E-state index contributed by atoms with van der Waals surface area (Å²) in [5, 5.41) is 33.7. The number of carbonyl (C=O) groups is 1. The van der Waals surface area contributed by atoms with Crippen LogP contribution in [0, 0.1) is 0 Å². The summed E-state index contributed by atoms with van der Waals surface area (Å²) in [7, 11) is 0. The number of rotatable bonds is 2. The van der Waals surface area contributed by atoms with E-state index in [0.717, 1.165) is 5.56 Å². The number of nitrogens with zero attached hydrogens (tertiary/aromatic N) is 3. The second kappa shape index (κ2) is 5.33. The highest BCUT2D eigenvalue weighted by molar-refractivity contribution is 6.13. The van der Waals surface area contributed by atoms with Crippen molar-refractivity contribution in [1.29, 1.82) is 0 Å². The Hall–Kier alpha value is -2.33. The molecule has 4 rings (SSSR count). The maximum atomic E-state index is 11.9. The molecule has 9 nitrogen and oxygen atoms in total. The number of amides is 1. The van der Waals surface area contributed by atoms with Crippen LogP contribution in [0.5, 0.6) is 0 Å². The zero-order valence-corrected chi connectivity index (χ0v) is 13.7. The van der Waals surface area contributed by atoms with Crippen molar-refractivity contribution in [1.82, 2.24) is 14.5 Å². The van der Waals surface area contributed by atoms with Crippen LogP contribution in [0.15, 0.2) is 18.6 Å². The summed E-state index contributed by atoms with van der Waals surface area (Å²) in [6, 6.07) is 0. The van der Waals surface area contributed by atoms with Gasteiger partial charge >= 0.3 is 0 Å². The van der Waals surface area contributed by atoms with Crippen molar-refractivity contribution in [3.05, 3.63) is 24.2 Å². The predicted octanol–water partition coefficient (Wildman–Crippen LogP) is -0.212. The van der Waals surface area contributed by atoms with Crippen molar-refractivity contribution in [2.24, 2.45) is 0 Å². The largest absolute Gasteiger partial charge is 0.394 e. The van der Waals surface area contributed by atoms with E-state index in [2.05, 4.69) is 15.3 Å². The molecule has 132 valence electrons. The third-order valence-corrected chi connectivity index (χ3v) is 4.81. The van der Waals surface area contributed by atoms with Gasteiger partial charge < -0.3 is 29.9 Å². The number of aliphatic hydroxyl groups excluding tert-OH is 2. The minimum absolute atomic E-state index is 0.278. The van der Waals surface area contributed by atoms with Gasteiger partial charge in [0.05, 0.1) is 12.0 Å². The van der Waals surface area contributed by atoms with E-state index < -0.39 is 30.6 Å². The number of nitrogens with one attached hydrogen (secondary N) is 1. The van der Waals surface area contributed by atoms with Gasteiger partial charge in [0.2, 0.25) is 5.91 Å². The predicted molar refractivity (Wildman–Crippen MR) is 87.4 cm³/mol. The minimum atomic E-state index is -1.63. The third-order valence-electron chi connectivity index (χ3n) is 4.81. The van der Waals surface area contributed by atoms with Crippen LogP contribution in [-0.4, -0.2) is 60.2 Å². The number of anilines is 1. The molecular formula is C16H18N4O5. The molecule has 1 fully saturated rings. The van der Waals surface area contributed by atoms with Gasteiger partial charge in [-0.1, -0.05) is 0 Å². The molecular weight excluding hydrogens is 328 g/mol. The standard InChI is InChI=1S/C16H18N4O5/c1-7-3-10(22)19-13-11-8(7)4-20(14(11)18-6-17-13)15-16(2,24)12(23)9(5-21)25-15/h3-4,6,9,12,15,21,23-24H,5H2,1-2H3,(H,17,18,19,22)/t9-,12-,15?,16?/m1/s1. The van der Waals surface area contributed by atoms with Crippen molar-refractivity contribution in [2.75, 3.05) is 11.9 Å². The van der Waals surface area contributed by atoms with Crippen LogP contribution in [0.4, 0.5) is 5.82 Å². The molecule has 1 amide bonds. The van der Waals surface area contributed by atoms with Crippen LogP contribution >= 0.6 is 0 Å². The molecule has 0 bridgehead atoms. The van der Waals surface area contributed by atoms with Gasteiger partial charge in [-0.25, -0.2) is 9.97 Å². The maximum Gasteiger partial charge on any atom is 0.249 e. The molecule has 25 heavy (non-hydrogen) atoms. The smallest absolute Gasteiger partial charge is 0.249 e. The van der Waals surface area contributed by atoms with E-state index in [1.54, 1.807) is 17.7 Å². The van der Waals surface area contributed by atoms with Crippen molar-refractivity contribution in [3.8, 4) is 0 Å². The molecule has 0 aromatic carbocycles. The Balaban J connectivity index is 1.94. The van der Waals surface area contributed by atoms with Crippen molar-refractivity contribution < 1.29 is 24.9 Å². The number of carbonyl (C=O) groups excluding carboxylic acids is 1. The van der Waals surface area contributed by atoms with Crippen molar-refractivity contribution in [3.63, 3.8) is 0 Å². The first-order valence-electron chi connectivity index (χ1n) is 7.86. The van der Waals surface area contributed by atoms with Gasteiger partial charge in [0.25, 0.3) is 0 Å². The number of aromatic nitrogens is 3. The number of allylic oxidation sites excluding steroid dienone is 1. The first-order chi connectivity index (χ1) is 11.8. The molecule has 2 aliphatic rings. The highest BCUT2D eigenvalue weighted by Gasteiger charge is 2.53. The van der Waals surface area contributed by atoms with Gasteiger partial charge in [0.1, 0.15) is 35.6 Å². The minimum Gasteiger partial charge on any atom is -0.394 e. The molecule has 0 saturated carbocycles. The number of aliphatic hydroxyl groups is 3. The summed E-state index contributed by atoms with van der Waals surface area (Å²) in [6.45, 7) is 2.82. The fourth-order valence-corrected chi connectivity index (χ4v) is 3.47. The van der Waals surface area contributed by atoms with Gasteiger partial charge in [-0.3, -0.25) is 4.79 Å². The van der Waals surface area contributed by atoms with E-state index in [9.17, 15) is 20.1 Å². The van der Waals surface area contributed by atoms with E-state index in [1.165, 1.54) is 19.3 Å². The molecule has 0 aliphatic carbocycles. The van der Waals surface area contributed by atoms with E-state index >= 15 is 0 Å². The summed E-state index contributed by atoms with van der Waals surface area (Å²) in [5.41, 5.74) is 0.259. The molecule has 4 N–H and O–H groups in total. The van der Waals surface area contributed by atoms with Crippen LogP contribution in [0.1, 0.15) is 25.6 Å². The van der Waals surface area contributed by atoms with Crippen LogP contribution < -0.4 is 5.32 Å². The van der Waals surface area contributed by atoms with Crippen LogP contribution in [-0.2, 0) is 9.53 Å². The lowest BCUT2D eigenvalue weighted by molar-refractivity contribution is -0.111. The van der Waals surface area contributed by atoms with E-state index in [-0.39, 0.29) is 5.91 Å². The molecule has 0 radical (unpaired) electrons. The second-order valence-electron chi connectivity index (χ2n) is 6.57. The normalized spacial score (nSPS) is 31.8. The molecule has 1 saturated heterocycles. The number of ether oxygens (including phenoxy) is 1. The lowest BCUT2D eigenvalue weighted by atomic mass is 9.96. The second-order valence-corrected chi connectivity index (χ2v) is 6.57. The molecule has 4 heterocycles. The number of hydrogen-bond donors (Lipinski definition) is 4. The zero-order chi connectivity index (χ0) is 17.9. The Labute approximate surface area is 142 Å². The quantitative estimate of drug-likeness (QED) is 0.592. The lowest BCUT2D eigenvalue weighted by Crippen LogP contribution is -2.44. The highest BCUT2D eigenvalue weighted by atomic mass is 16.6. The van der Waals surface area contributed by atoms with Crippen molar-refractivity contribution >= 4 is 28.3 Å². The maximum absolute atomic E-state index is 11.9. The summed E-state index contributed by atoms with van der Waals surface area (Å²) in [5.74, 6) is 0.0916. The molecule has 4 atom stereocenters. The summed E-state index contributed by atoms with van der Waals surface area (Å²) in [6.07, 6.45) is 1.35. The van der Waals surface area contributed by atoms with Gasteiger partial charge in [0.15, 0.2) is 6.23 Å². The van der Waals surface area contributed by atoms with Crippen LogP contribution in [0.25, 0.3) is 16.6 Å². The van der Waals surface area contributed by atoms with E-state index in [1.807, 2.05) is 0 Å². The molecule has 2 aromatic rings. The monoisotopic (exact) mass is 346 g/mol.